The quantitative estimate of drug-likeness (QED) is 0.338. The van der Waals surface area contributed by atoms with Crippen molar-refractivity contribution >= 4 is 11.9 Å². The van der Waals surface area contributed by atoms with Gasteiger partial charge in [-0.15, -0.1) is 0 Å². The molecule has 0 fully saturated rings. The van der Waals surface area contributed by atoms with Crippen molar-refractivity contribution in [1.82, 2.24) is 5.32 Å². The molecule has 0 aromatic heterocycles. The SMILES string of the molecule is COC(=O)C(CN[C@@H](CC(C)C)C(=O)OCc1ccccc1)c1cccc(Cc2ccc(C)cc2)c1. The number of ether oxygens (including phenoxy) is 2. The molecule has 0 aliphatic carbocycles. The summed E-state index contributed by atoms with van der Waals surface area (Å²) in [5, 5.41) is 3.30. The van der Waals surface area contributed by atoms with Gasteiger partial charge >= 0.3 is 11.9 Å². The third-order valence-corrected chi connectivity index (χ3v) is 6.15. The van der Waals surface area contributed by atoms with Crippen LogP contribution in [0, 0.1) is 12.8 Å². The highest BCUT2D eigenvalue weighted by atomic mass is 16.5. The molecule has 3 rings (SSSR count). The Labute approximate surface area is 214 Å². The molecule has 0 aliphatic rings. The lowest BCUT2D eigenvalue weighted by Gasteiger charge is -2.23. The summed E-state index contributed by atoms with van der Waals surface area (Å²) in [5.41, 5.74) is 5.35. The Morgan fingerprint density at radius 2 is 1.53 bits per heavy atom. The number of benzene rings is 3. The van der Waals surface area contributed by atoms with Crippen LogP contribution in [-0.4, -0.2) is 31.6 Å². The topological polar surface area (TPSA) is 64.6 Å². The van der Waals surface area contributed by atoms with Crippen molar-refractivity contribution in [2.24, 2.45) is 5.92 Å². The zero-order chi connectivity index (χ0) is 25.9. The number of carbonyl (C=O) groups is 2. The van der Waals surface area contributed by atoms with Crippen molar-refractivity contribution in [1.29, 1.82) is 0 Å². The van der Waals surface area contributed by atoms with E-state index in [1.54, 1.807) is 0 Å². The van der Waals surface area contributed by atoms with Crippen LogP contribution in [0.5, 0.6) is 0 Å². The number of carbonyl (C=O) groups excluding carboxylic acids is 2. The molecule has 0 aliphatic heterocycles. The third kappa shape index (κ3) is 8.35. The molecule has 0 saturated heterocycles. The van der Waals surface area contributed by atoms with Crippen LogP contribution in [-0.2, 0) is 32.1 Å². The van der Waals surface area contributed by atoms with Crippen LogP contribution >= 0.6 is 0 Å². The molecule has 2 atom stereocenters. The highest BCUT2D eigenvalue weighted by Gasteiger charge is 2.27. The van der Waals surface area contributed by atoms with E-state index in [1.807, 2.05) is 48.5 Å². The minimum Gasteiger partial charge on any atom is -0.469 e. The number of esters is 2. The van der Waals surface area contributed by atoms with Gasteiger partial charge in [0, 0.05) is 6.54 Å². The molecule has 3 aromatic rings. The van der Waals surface area contributed by atoms with Gasteiger partial charge in [0.05, 0.1) is 13.0 Å². The van der Waals surface area contributed by atoms with Crippen molar-refractivity contribution in [3.8, 4) is 0 Å². The van der Waals surface area contributed by atoms with Crippen molar-refractivity contribution in [3.63, 3.8) is 0 Å². The number of methoxy groups -OCH3 is 1. The van der Waals surface area contributed by atoms with Crippen molar-refractivity contribution < 1.29 is 19.1 Å². The molecule has 0 bridgehead atoms. The van der Waals surface area contributed by atoms with Gasteiger partial charge in [-0.05, 0) is 47.9 Å². The predicted octanol–water partition coefficient (Wildman–Crippen LogP) is 5.59. The van der Waals surface area contributed by atoms with E-state index < -0.39 is 12.0 Å². The highest BCUT2D eigenvalue weighted by Crippen LogP contribution is 2.21. The maximum absolute atomic E-state index is 12.9. The number of hydrogen-bond acceptors (Lipinski definition) is 5. The fourth-order valence-corrected chi connectivity index (χ4v) is 4.16. The van der Waals surface area contributed by atoms with E-state index in [0.717, 1.165) is 23.1 Å². The molecule has 0 amide bonds. The second kappa shape index (κ2) is 13.6. The zero-order valence-corrected chi connectivity index (χ0v) is 21.7. The molecule has 0 heterocycles. The van der Waals surface area contributed by atoms with Crippen LogP contribution in [0.4, 0.5) is 0 Å². The molecule has 3 aromatic carbocycles. The Morgan fingerprint density at radius 1 is 0.833 bits per heavy atom. The third-order valence-electron chi connectivity index (χ3n) is 6.15. The van der Waals surface area contributed by atoms with E-state index in [2.05, 4.69) is 56.4 Å². The predicted molar refractivity (Wildman–Crippen MR) is 143 cm³/mol. The van der Waals surface area contributed by atoms with E-state index >= 15 is 0 Å². The van der Waals surface area contributed by atoms with Gasteiger partial charge < -0.3 is 14.8 Å². The molecule has 1 N–H and O–H groups in total. The van der Waals surface area contributed by atoms with E-state index in [0.29, 0.717) is 6.42 Å². The molecular weight excluding hydrogens is 450 g/mol. The first-order valence-corrected chi connectivity index (χ1v) is 12.5. The van der Waals surface area contributed by atoms with Gasteiger partial charge in [0.15, 0.2) is 0 Å². The average Bonchev–Trinajstić information content (AvgIpc) is 2.88. The molecule has 36 heavy (non-hydrogen) atoms. The van der Waals surface area contributed by atoms with Gasteiger partial charge in [-0.2, -0.15) is 0 Å². The summed E-state index contributed by atoms with van der Waals surface area (Å²) in [6, 6.07) is 25.6. The van der Waals surface area contributed by atoms with Gasteiger partial charge in [-0.3, -0.25) is 9.59 Å². The average molecular weight is 488 g/mol. The van der Waals surface area contributed by atoms with Crippen molar-refractivity contribution in [3.05, 3.63) is 107 Å². The summed E-state index contributed by atoms with van der Waals surface area (Å²) >= 11 is 0. The number of aryl methyl sites for hydroxylation is 1. The van der Waals surface area contributed by atoms with E-state index in [4.69, 9.17) is 9.47 Å². The minimum absolute atomic E-state index is 0.220. The Hall–Kier alpha value is -3.44. The Morgan fingerprint density at radius 3 is 2.19 bits per heavy atom. The Kier molecular flexibility index (Phi) is 10.3. The van der Waals surface area contributed by atoms with Gasteiger partial charge in [-0.1, -0.05) is 98.3 Å². The lowest BCUT2D eigenvalue weighted by Crippen LogP contribution is -2.42. The van der Waals surface area contributed by atoms with E-state index in [1.165, 1.54) is 18.2 Å². The summed E-state index contributed by atoms with van der Waals surface area (Å²) in [4.78, 5) is 25.7. The summed E-state index contributed by atoms with van der Waals surface area (Å²) in [7, 11) is 1.39. The summed E-state index contributed by atoms with van der Waals surface area (Å²) in [6.07, 6.45) is 1.38. The van der Waals surface area contributed by atoms with Gasteiger partial charge in [-0.25, -0.2) is 0 Å². The fraction of sp³-hybridized carbons (Fsp3) is 0.355. The smallest absolute Gasteiger partial charge is 0.323 e. The number of nitrogens with one attached hydrogen (secondary N) is 1. The summed E-state index contributed by atoms with van der Waals surface area (Å²) < 4.78 is 10.7. The second-order valence-electron chi connectivity index (χ2n) is 9.67. The largest absolute Gasteiger partial charge is 0.469 e. The van der Waals surface area contributed by atoms with Crippen LogP contribution in [0.15, 0.2) is 78.9 Å². The standard InChI is InChI=1S/C31H37NO4/c1-22(2)17-29(31(34)36-21-25-9-6-5-7-10-25)32-20-28(30(33)35-4)27-12-8-11-26(19-27)18-24-15-13-23(3)14-16-24/h5-16,19,22,28-29,32H,17-18,20-21H2,1-4H3/t28?,29-/m0/s1. The fourth-order valence-electron chi connectivity index (χ4n) is 4.16. The normalized spacial score (nSPS) is 12.7. The molecular formula is C31H37NO4. The van der Waals surface area contributed by atoms with Gasteiger partial charge in [0.2, 0.25) is 0 Å². The van der Waals surface area contributed by atoms with E-state index in [-0.39, 0.29) is 31.0 Å². The first-order chi connectivity index (χ1) is 17.4. The van der Waals surface area contributed by atoms with Gasteiger partial charge in [0.25, 0.3) is 0 Å². The number of rotatable bonds is 12. The van der Waals surface area contributed by atoms with Crippen molar-refractivity contribution in [2.45, 2.75) is 52.2 Å². The minimum atomic E-state index is -0.537. The molecule has 0 saturated carbocycles. The van der Waals surface area contributed by atoms with Crippen LogP contribution in [0.25, 0.3) is 0 Å². The highest BCUT2D eigenvalue weighted by molar-refractivity contribution is 5.79. The van der Waals surface area contributed by atoms with Gasteiger partial charge in [0.1, 0.15) is 12.6 Å². The molecule has 0 radical (unpaired) electrons. The van der Waals surface area contributed by atoms with Crippen LogP contribution in [0.2, 0.25) is 0 Å². The molecule has 1 unspecified atom stereocenters. The molecule has 5 nitrogen and oxygen atoms in total. The lowest BCUT2D eigenvalue weighted by atomic mass is 9.94. The monoisotopic (exact) mass is 487 g/mol. The van der Waals surface area contributed by atoms with E-state index in [9.17, 15) is 9.59 Å². The molecule has 5 heteroatoms. The van der Waals surface area contributed by atoms with Crippen LogP contribution in [0.1, 0.15) is 54.0 Å². The molecule has 0 spiro atoms. The molecule has 190 valence electrons. The first-order valence-electron chi connectivity index (χ1n) is 12.5. The zero-order valence-electron chi connectivity index (χ0n) is 21.7. The summed E-state index contributed by atoms with van der Waals surface area (Å²) in [5.74, 6) is -0.911. The number of hydrogen-bond donors (Lipinski definition) is 1. The Balaban J connectivity index is 1.71. The first kappa shape index (κ1) is 27.2. The van der Waals surface area contributed by atoms with Crippen LogP contribution in [0.3, 0.4) is 0 Å². The maximum Gasteiger partial charge on any atom is 0.323 e. The summed E-state index contributed by atoms with van der Waals surface area (Å²) in [6.45, 7) is 6.69. The second-order valence-corrected chi connectivity index (χ2v) is 9.67. The lowest BCUT2D eigenvalue weighted by molar-refractivity contribution is -0.149. The van der Waals surface area contributed by atoms with Crippen LogP contribution < -0.4 is 5.32 Å². The van der Waals surface area contributed by atoms with Crippen molar-refractivity contribution in [2.75, 3.05) is 13.7 Å². The maximum atomic E-state index is 12.9. The Bertz CT molecular complexity index is 1110.